The molecule has 0 unspecified atom stereocenters. The van der Waals surface area contributed by atoms with E-state index < -0.39 is 14.9 Å². The third-order valence-corrected chi connectivity index (χ3v) is 8.26. The van der Waals surface area contributed by atoms with Crippen LogP contribution in [0, 0.1) is 25.9 Å². The molecular weight excluding hydrogens is 661 g/mol. The van der Waals surface area contributed by atoms with Gasteiger partial charge in [0.05, 0.1) is 13.7 Å². The van der Waals surface area contributed by atoms with Gasteiger partial charge in [-0.05, 0) is 42.9 Å². The van der Waals surface area contributed by atoms with E-state index in [1.54, 1.807) is 18.2 Å². The molecule has 1 radical (unpaired) electrons. The van der Waals surface area contributed by atoms with Crippen molar-refractivity contribution in [3.63, 3.8) is 0 Å². The Labute approximate surface area is 243 Å². The SMILES string of the molecule is Cc1ccnc(-c2[c-]ccc3c2oc2cc([Si](C)(C)C)ccc23)c1.[2H]C([2H])([2H])c1ccc(-c2[c-]cccc2)nc1.[Ir]. The quantitative estimate of drug-likeness (QED) is 0.139. The first kappa shape index (κ1) is 23.7. The number of hydrogen-bond donors (Lipinski definition) is 0. The van der Waals surface area contributed by atoms with E-state index >= 15 is 0 Å². The molecule has 0 N–H and O–H groups in total. The number of fused-ring (bicyclic) bond motifs is 3. The van der Waals surface area contributed by atoms with Crippen LogP contribution in [0.25, 0.3) is 44.5 Å². The van der Waals surface area contributed by atoms with Crippen molar-refractivity contribution in [1.29, 1.82) is 0 Å². The van der Waals surface area contributed by atoms with E-state index in [0.29, 0.717) is 0 Å². The molecule has 0 saturated heterocycles. The summed E-state index contributed by atoms with van der Waals surface area (Å²) in [5.41, 5.74) is 6.70. The van der Waals surface area contributed by atoms with Gasteiger partial charge in [-0.3, -0.25) is 0 Å². The number of pyridine rings is 2. The van der Waals surface area contributed by atoms with Crippen molar-refractivity contribution >= 4 is 35.2 Å². The number of aromatic nitrogens is 2. The van der Waals surface area contributed by atoms with Gasteiger partial charge in [0.15, 0.2) is 0 Å². The number of nitrogens with zero attached hydrogens (tertiary/aromatic N) is 2. The molecule has 0 aliphatic rings. The van der Waals surface area contributed by atoms with Gasteiger partial charge in [0, 0.05) is 42.0 Å². The molecule has 6 aromatic rings. The number of hydrogen-bond acceptors (Lipinski definition) is 3. The summed E-state index contributed by atoms with van der Waals surface area (Å²) >= 11 is 0. The van der Waals surface area contributed by atoms with Gasteiger partial charge in [0.2, 0.25) is 0 Å². The van der Waals surface area contributed by atoms with Crippen LogP contribution in [0.5, 0.6) is 0 Å². The van der Waals surface area contributed by atoms with Gasteiger partial charge in [-0.2, -0.15) is 0 Å². The molecule has 38 heavy (non-hydrogen) atoms. The standard InChI is InChI=1S/C21H20NOSi.C12H10N.Ir/c1-14-10-11-22-19(12-14)18-7-5-6-17-16-9-8-15(24(2,3)4)13-20(16)23-21(17)18;1-10-7-8-12(13-9-10)11-5-3-2-4-6-11;/h5-6,8-13H,1-4H3;2-5,7-9H,1H3;/q2*-1;/i;1D3;. The number of aryl methyl sites for hydroxylation is 2. The van der Waals surface area contributed by atoms with Crippen LogP contribution in [0.3, 0.4) is 0 Å². The van der Waals surface area contributed by atoms with E-state index in [-0.39, 0.29) is 25.7 Å². The molecule has 0 fully saturated rings. The van der Waals surface area contributed by atoms with Crippen LogP contribution in [-0.2, 0) is 20.1 Å². The van der Waals surface area contributed by atoms with Crippen molar-refractivity contribution < 1.29 is 28.6 Å². The summed E-state index contributed by atoms with van der Waals surface area (Å²) in [4.78, 5) is 8.63. The number of benzene rings is 3. The van der Waals surface area contributed by atoms with Gasteiger partial charge >= 0.3 is 0 Å². The van der Waals surface area contributed by atoms with E-state index in [4.69, 9.17) is 8.53 Å². The molecule has 5 heteroatoms. The van der Waals surface area contributed by atoms with Crippen LogP contribution in [0.15, 0.2) is 95.7 Å². The second kappa shape index (κ2) is 11.6. The van der Waals surface area contributed by atoms with E-state index in [0.717, 1.165) is 44.5 Å². The maximum Gasteiger partial charge on any atom is 0.120 e. The predicted molar refractivity (Wildman–Crippen MR) is 157 cm³/mol. The molecule has 0 amide bonds. The van der Waals surface area contributed by atoms with Crippen molar-refractivity contribution in [2.75, 3.05) is 0 Å². The van der Waals surface area contributed by atoms with Gasteiger partial charge in [-0.1, -0.05) is 71.7 Å². The summed E-state index contributed by atoms with van der Waals surface area (Å²) in [6.45, 7) is 7.04. The van der Waals surface area contributed by atoms with Crippen molar-refractivity contribution in [2.45, 2.75) is 33.4 Å². The second-order valence-electron chi connectivity index (χ2n) is 10.1. The monoisotopic (exact) mass is 694 g/mol. The first-order chi connectivity index (χ1) is 19.0. The minimum atomic E-state index is -2.09. The van der Waals surface area contributed by atoms with Crippen LogP contribution >= 0.6 is 0 Å². The second-order valence-corrected chi connectivity index (χ2v) is 15.2. The van der Waals surface area contributed by atoms with Gasteiger partial charge in [-0.15, -0.1) is 54.1 Å². The number of rotatable bonds is 3. The molecule has 6 rings (SSSR count). The fraction of sp³-hybridized carbons (Fsp3) is 0.152. The third kappa shape index (κ3) is 6.02. The molecule has 193 valence electrons. The third-order valence-electron chi connectivity index (χ3n) is 6.22. The molecule has 0 saturated carbocycles. The number of furan rings is 1. The first-order valence-corrected chi connectivity index (χ1v) is 15.7. The summed E-state index contributed by atoms with van der Waals surface area (Å²) in [6, 6.07) is 31.9. The maximum absolute atomic E-state index is 7.23. The molecule has 3 nitrogen and oxygen atoms in total. The summed E-state index contributed by atoms with van der Waals surface area (Å²) in [6.07, 6.45) is 3.23. The van der Waals surface area contributed by atoms with E-state index in [1.165, 1.54) is 16.9 Å². The van der Waals surface area contributed by atoms with Crippen LogP contribution < -0.4 is 5.19 Å². The molecule has 3 heterocycles. The van der Waals surface area contributed by atoms with Gasteiger partial charge < -0.3 is 14.4 Å². The minimum absolute atomic E-state index is 0. The Bertz CT molecular complexity index is 1780. The Morgan fingerprint density at radius 3 is 2.37 bits per heavy atom. The van der Waals surface area contributed by atoms with Crippen molar-refractivity contribution in [1.82, 2.24) is 9.97 Å². The summed E-state index contributed by atoms with van der Waals surface area (Å²) in [5, 5.41) is 3.70. The van der Waals surface area contributed by atoms with Crippen molar-refractivity contribution in [3.8, 4) is 22.5 Å². The van der Waals surface area contributed by atoms with Crippen LogP contribution in [0.1, 0.15) is 15.2 Å². The smallest absolute Gasteiger partial charge is 0.120 e. The van der Waals surface area contributed by atoms with Crippen LogP contribution in [0.2, 0.25) is 19.6 Å². The van der Waals surface area contributed by atoms with Crippen molar-refractivity contribution in [2.24, 2.45) is 0 Å². The largest absolute Gasteiger partial charge is 0.501 e. The topological polar surface area (TPSA) is 38.9 Å². The van der Waals surface area contributed by atoms with Gasteiger partial charge in [0.1, 0.15) is 5.58 Å². The fourth-order valence-corrected chi connectivity index (χ4v) is 5.32. The van der Waals surface area contributed by atoms with Gasteiger partial charge in [-0.25, -0.2) is 0 Å². The summed E-state index contributed by atoms with van der Waals surface area (Å²) in [5.74, 6) is 0. The Balaban J connectivity index is 0.000000200. The molecule has 3 aromatic carbocycles. The first-order valence-electron chi connectivity index (χ1n) is 13.7. The maximum atomic E-state index is 7.23. The van der Waals surface area contributed by atoms with Crippen LogP contribution in [-0.4, -0.2) is 18.0 Å². The molecule has 0 aliphatic carbocycles. The predicted octanol–water partition coefficient (Wildman–Crippen LogP) is 8.16. The molecule has 3 aromatic heterocycles. The minimum Gasteiger partial charge on any atom is -0.501 e. The zero-order chi connectivity index (χ0) is 28.5. The molecular formula is C33H30IrN2OSi-2. The van der Waals surface area contributed by atoms with E-state index in [9.17, 15) is 0 Å². The van der Waals surface area contributed by atoms with Crippen LogP contribution in [0.4, 0.5) is 0 Å². The Morgan fingerprint density at radius 2 is 1.68 bits per heavy atom. The normalized spacial score (nSPS) is 12.6. The molecule has 0 atom stereocenters. The van der Waals surface area contributed by atoms with E-state index in [2.05, 4.69) is 79.0 Å². The average Bonchev–Trinajstić information content (AvgIpc) is 3.31. The fourth-order valence-electron chi connectivity index (χ4n) is 4.18. The Morgan fingerprint density at radius 1 is 0.816 bits per heavy atom. The summed E-state index contributed by atoms with van der Waals surface area (Å²) in [7, 11) is -1.36. The zero-order valence-corrected chi connectivity index (χ0v) is 25.2. The van der Waals surface area contributed by atoms with Crippen molar-refractivity contribution in [3.05, 3.63) is 115 Å². The molecule has 0 spiro atoms. The summed E-state index contributed by atoms with van der Waals surface area (Å²) < 4.78 is 28.0. The molecule has 0 aliphatic heterocycles. The molecule has 0 bridgehead atoms. The average molecular weight is 694 g/mol. The van der Waals surface area contributed by atoms with Gasteiger partial charge in [0.25, 0.3) is 0 Å². The Kier molecular flexibility index (Phi) is 7.22. The Hall–Kier alpha value is -3.37. The zero-order valence-electron chi connectivity index (χ0n) is 24.8. The van der Waals surface area contributed by atoms with E-state index in [1.807, 2.05) is 36.5 Å².